The molecule has 0 saturated heterocycles. The van der Waals surface area contributed by atoms with E-state index in [9.17, 15) is 14.4 Å². The fraction of sp³-hybridized carbons (Fsp3) is 0.316. The van der Waals surface area contributed by atoms with E-state index >= 15 is 0 Å². The van der Waals surface area contributed by atoms with Crippen LogP contribution in [-0.4, -0.2) is 31.0 Å². The van der Waals surface area contributed by atoms with Gasteiger partial charge in [0.25, 0.3) is 5.91 Å². The van der Waals surface area contributed by atoms with Gasteiger partial charge in [-0.2, -0.15) is 0 Å². The maximum Gasteiger partial charge on any atom is 0.341 e. The summed E-state index contributed by atoms with van der Waals surface area (Å²) in [5.41, 5.74) is 1.49. The number of hydrogen-bond acceptors (Lipinski definition) is 6. The predicted molar refractivity (Wildman–Crippen MR) is 105 cm³/mol. The van der Waals surface area contributed by atoms with Crippen molar-refractivity contribution in [2.75, 3.05) is 23.8 Å². The van der Waals surface area contributed by atoms with Crippen LogP contribution in [0.15, 0.2) is 24.3 Å². The van der Waals surface area contributed by atoms with Gasteiger partial charge in [0.2, 0.25) is 5.91 Å². The Bertz CT molecular complexity index is 860. The van der Waals surface area contributed by atoms with E-state index in [1.54, 1.807) is 31.2 Å². The fourth-order valence-electron chi connectivity index (χ4n) is 2.36. The van der Waals surface area contributed by atoms with Gasteiger partial charge in [0.05, 0.1) is 17.9 Å². The number of carbonyl (C=O) groups is 3. The fourth-order valence-corrected chi connectivity index (χ4v) is 3.46. The number of thiophene rings is 1. The standard InChI is InChI=1S/C19H22N2O5S/c1-5-25-15-9-7-6-8-14(15)21-16(23)10-26-19(24)17-11(2)12(3)27-18(17)20-13(4)22/h6-9H,5,10H2,1-4H3,(H,20,22)(H,21,23). The van der Waals surface area contributed by atoms with Crippen molar-refractivity contribution in [1.29, 1.82) is 0 Å². The number of benzene rings is 1. The maximum absolute atomic E-state index is 12.4. The van der Waals surface area contributed by atoms with E-state index in [0.717, 1.165) is 10.4 Å². The monoisotopic (exact) mass is 390 g/mol. The third-order valence-electron chi connectivity index (χ3n) is 3.67. The third-order valence-corrected chi connectivity index (χ3v) is 4.80. The number of para-hydroxylation sites is 2. The first-order valence-corrected chi connectivity index (χ1v) is 9.21. The van der Waals surface area contributed by atoms with Crippen LogP contribution < -0.4 is 15.4 Å². The largest absolute Gasteiger partial charge is 0.492 e. The summed E-state index contributed by atoms with van der Waals surface area (Å²) in [5, 5.41) is 5.71. The lowest BCUT2D eigenvalue weighted by Gasteiger charge is -2.11. The molecule has 0 unspecified atom stereocenters. The van der Waals surface area contributed by atoms with Crippen LogP contribution in [0.1, 0.15) is 34.6 Å². The van der Waals surface area contributed by atoms with E-state index in [1.165, 1.54) is 18.3 Å². The maximum atomic E-state index is 12.4. The van der Waals surface area contributed by atoms with Gasteiger partial charge in [0, 0.05) is 11.8 Å². The molecule has 0 atom stereocenters. The van der Waals surface area contributed by atoms with Gasteiger partial charge in [0.15, 0.2) is 6.61 Å². The first-order valence-electron chi connectivity index (χ1n) is 8.39. The summed E-state index contributed by atoms with van der Waals surface area (Å²) in [6, 6.07) is 7.00. The summed E-state index contributed by atoms with van der Waals surface area (Å²) in [4.78, 5) is 36.8. The molecule has 0 radical (unpaired) electrons. The van der Waals surface area contributed by atoms with E-state index in [-0.39, 0.29) is 11.5 Å². The zero-order chi connectivity index (χ0) is 20.0. The molecule has 1 heterocycles. The van der Waals surface area contributed by atoms with Crippen molar-refractivity contribution in [3.05, 3.63) is 40.3 Å². The van der Waals surface area contributed by atoms with Crippen LogP contribution in [0, 0.1) is 13.8 Å². The molecule has 144 valence electrons. The molecule has 7 nitrogen and oxygen atoms in total. The van der Waals surface area contributed by atoms with E-state index in [2.05, 4.69) is 10.6 Å². The van der Waals surface area contributed by atoms with Crippen LogP contribution in [0.25, 0.3) is 0 Å². The Labute approximate surface area is 161 Å². The average molecular weight is 390 g/mol. The van der Waals surface area contributed by atoms with Gasteiger partial charge < -0.3 is 20.1 Å². The molecule has 2 N–H and O–H groups in total. The number of nitrogens with one attached hydrogen (secondary N) is 2. The van der Waals surface area contributed by atoms with Gasteiger partial charge in [-0.3, -0.25) is 9.59 Å². The first-order chi connectivity index (χ1) is 12.8. The highest BCUT2D eigenvalue weighted by Crippen LogP contribution is 2.33. The lowest BCUT2D eigenvalue weighted by atomic mass is 10.1. The molecule has 0 bridgehead atoms. The minimum absolute atomic E-state index is 0.273. The Hall–Kier alpha value is -2.87. The molecule has 2 aromatic rings. The zero-order valence-electron chi connectivity index (χ0n) is 15.7. The molecule has 0 aliphatic rings. The molecule has 0 aliphatic carbocycles. The predicted octanol–water partition coefficient (Wildman–Crippen LogP) is 3.52. The summed E-state index contributed by atoms with van der Waals surface area (Å²) in [7, 11) is 0. The number of ether oxygens (including phenoxy) is 2. The molecule has 0 saturated carbocycles. The minimum atomic E-state index is -0.658. The van der Waals surface area contributed by atoms with E-state index in [0.29, 0.717) is 23.0 Å². The Morgan fingerprint density at radius 3 is 2.48 bits per heavy atom. The quantitative estimate of drug-likeness (QED) is 0.706. The second-order valence-corrected chi connectivity index (χ2v) is 6.95. The normalized spacial score (nSPS) is 10.2. The second-order valence-electron chi connectivity index (χ2n) is 5.72. The molecule has 1 aromatic heterocycles. The van der Waals surface area contributed by atoms with Crippen molar-refractivity contribution in [1.82, 2.24) is 0 Å². The highest BCUT2D eigenvalue weighted by Gasteiger charge is 2.22. The van der Waals surface area contributed by atoms with Crippen molar-refractivity contribution < 1.29 is 23.9 Å². The van der Waals surface area contributed by atoms with Crippen LogP contribution in [0.5, 0.6) is 5.75 Å². The van der Waals surface area contributed by atoms with Gasteiger partial charge in [0.1, 0.15) is 10.8 Å². The van der Waals surface area contributed by atoms with Crippen LogP contribution in [0.4, 0.5) is 10.7 Å². The summed E-state index contributed by atoms with van der Waals surface area (Å²) in [6.07, 6.45) is 0. The van der Waals surface area contributed by atoms with Crippen molar-refractivity contribution in [3.8, 4) is 5.75 Å². The van der Waals surface area contributed by atoms with Crippen molar-refractivity contribution in [2.24, 2.45) is 0 Å². The SMILES string of the molecule is CCOc1ccccc1NC(=O)COC(=O)c1c(NC(C)=O)sc(C)c1C. The van der Waals surface area contributed by atoms with E-state index < -0.39 is 18.5 Å². The lowest BCUT2D eigenvalue weighted by Crippen LogP contribution is -2.22. The smallest absolute Gasteiger partial charge is 0.341 e. The Morgan fingerprint density at radius 1 is 1.11 bits per heavy atom. The Balaban J connectivity index is 2.04. The highest BCUT2D eigenvalue weighted by atomic mass is 32.1. The number of anilines is 2. The first kappa shape index (κ1) is 20.4. The number of carbonyl (C=O) groups excluding carboxylic acids is 3. The van der Waals surface area contributed by atoms with E-state index in [1.807, 2.05) is 13.8 Å². The topological polar surface area (TPSA) is 93.7 Å². The van der Waals surface area contributed by atoms with Crippen LogP contribution in [0.2, 0.25) is 0 Å². The van der Waals surface area contributed by atoms with Crippen molar-refractivity contribution in [2.45, 2.75) is 27.7 Å². The van der Waals surface area contributed by atoms with Gasteiger partial charge in [-0.1, -0.05) is 12.1 Å². The number of amides is 2. The average Bonchev–Trinajstić information content (AvgIpc) is 2.88. The molecule has 0 fully saturated rings. The Kier molecular flexibility index (Phi) is 6.95. The molecule has 0 spiro atoms. The van der Waals surface area contributed by atoms with Crippen molar-refractivity contribution >= 4 is 39.8 Å². The molecule has 8 heteroatoms. The molecule has 1 aromatic carbocycles. The van der Waals surface area contributed by atoms with E-state index in [4.69, 9.17) is 9.47 Å². The molecule has 2 rings (SSSR count). The second kappa shape index (κ2) is 9.18. The number of esters is 1. The number of hydrogen-bond donors (Lipinski definition) is 2. The van der Waals surface area contributed by atoms with Crippen LogP contribution in [0.3, 0.4) is 0 Å². The number of rotatable bonds is 7. The Morgan fingerprint density at radius 2 is 1.81 bits per heavy atom. The van der Waals surface area contributed by atoms with Crippen molar-refractivity contribution in [3.63, 3.8) is 0 Å². The summed E-state index contributed by atoms with van der Waals surface area (Å²) in [5.74, 6) is -0.887. The third kappa shape index (κ3) is 5.30. The summed E-state index contributed by atoms with van der Waals surface area (Å²) in [6.45, 7) is 6.84. The van der Waals surface area contributed by atoms with Gasteiger partial charge >= 0.3 is 5.97 Å². The molecule has 0 aliphatic heterocycles. The number of aryl methyl sites for hydroxylation is 1. The van der Waals surface area contributed by atoms with Gasteiger partial charge in [-0.25, -0.2) is 4.79 Å². The highest BCUT2D eigenvalue weighted by molar-refractivity contribution is 7.16. The molecular formula is C19H22N2O5S. The molecule has 2 amide bonds. The van der Waals surface area contributed by atoms with Crippen LogP contribution in [-0.2, 0) is 14.3 Å². The van der Waals surface area contributed by atoms with Crippen LogP contribution >= 0.6 is 11.3 Å². The summed E-state index contributed by atoms with van der Waals surface area (Å²) >= 11 is 1.29. The minimum Gasteiger partial charge on any atom is -0.492 e. The molecular weight excluding hydrogens is 368 g/mol. The van der Waals surface area contributed by atoms with Gasteiger partial charge in [-0.15, -0.1) is 11.3 Å². The zero-order valence-corrected chi connectivity index (χ0v) is 16.5. The summed E-state index contributed by atoms with van der Waals surface area (Å²) < 4.78 is 10.6. The van der Waals surface area contributed by atoms with Gasteiger partial charge in [-0.05, 0) is 38.5 Å². The molecule has 27 heavy (non-hydrogen) atoms. The lowest BCUT2D eigenvalue weighted by molar-refractivity contribution is -0.119.